The largest absolute Gasteiger partial charge is 0.288 e. The minimum atomic E-state index is -0.176. The zero-order valence-electron chi connectivity index (χ0n) is 11.4. The van der Waals surface area contributed by atoms with Gasteiger partial charge < -0.3 is 0 Å². The average molecular weight is 295 g/mol. The van der Waals surface area contributed by atoms with E-state index < -0.39 is 0 Å². The summed E-state index contributed by atoms with van der Waals surface area (Å²) in [5.74, 6) is -0.121. The van der Waals surface area contributed by atoms with Crippen molar-refractivity contribution >= 4 is 17.3 Å². The minimum absolute atomic E-state index is 0.121. The molecule has 0 aliphatic rings. The van der Waals surface area contributed by atoms with Crippen molar-refractivity contribution in [2.75, 3.05) is 0 Å². The highest BCUT2D eigenvalue weighted by molar-refractivity contribution is 7.09. The van der Waals surface area contributed by atoms with E-state index in [2.05, 4.69) is 0 Å². The summed E-state index contributed by atoms with van der Waals surface area (Å²) in [6.07, 6.45) is 0. The van der Waals surface area contributed by atoms with Crippen molar-refractivity contribution < 1.29 is 4.79 Å². The molecule has 0 bridgehead atoms. The average Bonchev–Trinajstić information content (AvgIpc) is 2.89. The maximum absolute atomic E-state index is 12.4. The smallest absolute Gasteiger partial charge is 0.266 e. The number of nitrogens with zero attached hydrogens (tertiary/aromatic N) is 1. The number of hydrogen-bond acceptors (Lipinski definition) is 3. The van der Waals surface area contributed by atoms with Gasteiger partial charge in [0.05, 0.1) is 10.6 Å². The van der Waals surface area contributed by atoms with Gasteiger partial charge in [0.1, 0.15) is 0 Å². The van der Waals surface area contributed by atoms with Crippen molar-refractivity contribution in [1.29, 1.82) is 0 Å². The Morgan fingerprint density at radius 3 is 2.48 bits per heavy atom. The number of benzene rings is 2. The van der Waals surface area contributed by atoms with Gasteiger partial charge in [-0.05, 0) is 36.2 Å². The van der Waals surface area contributed by atoms with Crippen LogP contribution in [0.1, 0.15) is 20.8 Å². The van der Waals surface area contributed by atoms with Gasteiger partial charge in [0, 0.05) is 11.6 Å². The van der Waals surface area contributed by atoms with E-state index in [0.717, 1.165) is 11.3 Å². The topological polar surface area (TPSA) is 39.1 Å². The Bertz CT molecular complexity index is 846. The third kappa shape index (κ3) is 2.71. The molecule has 4 heteroatoms. The van der Waals surface area contributed by atoms with Crippen molar-refractivity contribution in [1.82, 2.24) is 3.96 Å². The van der Waals surface area contributed by atoms with E-state index in [4.69, 9.17) is 0 Å². The standard InChI is InChI=1S/C17H13NO2S/c1-12-6-5-9-14(10-12)18-16(19)11-15(21-18)17(20)13-7-3-2-4-8-13/h2-11H,1H3. The molecule has 0 amide bonds. The molecule has 0 aliphatic heterocycles. The second kappa shape index (κ2) is 5.50. The summed E-state index contributed by atoms with van der Waals surface area (Å²) < 4.78 is 1.54. The summed E-state index contributed by atoms with van der Waals surface area (Å²) in [6.45, 7) is 1.97. The summed E-state index contributed by atoms with van der Waals surface area (Å²) in [6, 6.07) is 18.1. The highest BCUT2D eigenvalue weighted by atomic mass is 32.1. The van der Waals surface area contributed by atoms with Gasteiger partial charge in [0.2, 0.25) is 5.78 Å². The number of aryl methyl sites for hydroxylation is 1. The Kier molecular flexibility index (Phi) is 3.54. The number of carbonyl (C=O) groups excluding carboxylic acids is 1. The first-order valence-electron chi connectivity index (χ1n) is 6.55. The first-order valence-corrected chi connectivity index (χ1v) is 7.32. The fourth-order valence-corrected chi connectivity index (χ4v) is 3.03. The Morgan fingerprint density at radius 2 is 1.76 bits per heavy atom. The molecule has 0 N–H and O–H groups in total. The Morgan fingerprint density at radius 1 is 1.00 bits per heavy atom. The number of carbonyl (C=O) groups is 1. The van der Waals surface area contributed by atoms with E-state index >= 15 is 0 Å². The molecule has 1 aromatic heterocycles. The summed E-state index contributed by atoms with van der Waals surface area (Å²) in [4.78, 5) is 24.9. The van der Waals surface area contributed by atoms with Crippen molar-refractivity contribution in [2.45, 2.75) is 6.92 Å². The lowest BCUT2D eigenvalue weighted by atomic mass is 10.1. The Labute approximate surface area is 126 Å². The normalized spacial score (nSPS) is 10.5. The molecular formula is C17H13NO2S. The molecule has 21 heavy (non-hydrogen) atoms. The molecule has 0 spiro atoms. The van der Waals surface area contributed by atoms with Crippen LogP contribution >= 0.6 is 11.5 Å². The van der Waals surface area contributed by atoms with E-state index in [-0.39, 0.29) is 11.3 Å². The van der Waals surface area contributed by atoms with Crippen LogP contribution in [0.25, 0.3) is 5.69 Å². The molecule has 0 fully saturated rings. The molecule has 2 aromatic carbocycles. The predicted octanol–water partition coefficient (Wildman–Crippen LogP) is 3.44. The molecule has 0 atom stereocenters. The van der Waals surface area contributed by atoms with E-state index in [1.807, 2.05) is 49.4 Å². The SMILES string of the molecule is Cc1cccc(-n2sc(C(=O)c3ccccc3)cc2=O)c1. The van der Waals surface area contributed by atoms with Gasteiger partial charge in [0.15, 0.2) is 0 Å². The lowest BCUT2D eigenvalue weighted by Crippen LogP contribution is -2.09. The number of ketones is 1. The van der Waals surface area contributed by atoms with Crippen molar-refractivity contribution in [2.24, 2.45) is 0 Å². The molecule has 3 nitrogen and oxygen atoms in total. The molecule has 0 saturated heterocycles. The lowest BCUT2D eigenvalue weighted by molar-refractivity contribution is 0.104. The van der Waals surface area contributed by atoms with E-state index in [9.17, 15) is 9.59 Å². The highest BCUT2D eigenvalue weighted by Crippen LogP contribution is 2.17. The third-order valence-corrected chi connectivity index (χ3v) is 4.21. The second-order valence-electron chi connectivity index (χ2n) is 4.77. The van der Waals surface area contributed by atoms with Crippen molar-refractivity contribution in [3.05, 3.63) is 87.0 Å². The van der Waals surface area contributed by atoms with Crippen LogP contribution in [0.5, 0.6) is 0 Å². The molecular weight excluding hydrogens is 282 g/mol. The van der Waals surface area contributed by atoms with Gasteiger partial charge >= 0.3 is 0 Å². The predicted molar refractivity (Wildman–Crippen MR) is 84.5 cm³/mol. The van der Waals surface area contributed by atoms with Crippen LogP contribution in [0.3, 0.4) is 0 Å². The molecule has 104 valence electrons. The summed E-state index contributed by atoms with van der Waals surface area (Å²) in [5.41, 5.74) is 2.28. The summed E-state index contributed by atoms with van der Waals surface area (Å²) >= 11 is 1.18. The van der Waals surface area contributed by atoms with Gasteiger partial charge in [0.25, 0.3) is 5.56 Å². The highest BCUT2D eigenvalue weighted by Gasteiger charge is 2.14. The minimum Gasteiger partial charge on any atom is -0.288 e. The molecule has 0 radical (unpaired) electrons. The van der Waals surface area contributed by atoms with Gasteiger partial charge in [-0.2, -0.15) is 0 Å². The van der Waals surface area contributed by atoms with Crippen molar-refractivity contribution in [3.63, 3.8) is 0 Å². The quantitative estimate of drug-likeness (QED) is 0.694. The van der Waals surface area contributed by atoms with Gasteiger partial charge in [-0.1, -0.05) is 42.5 Å². The van der Waals surface area contributed by atoms with Gasteiger partial charge in [-0.15, -0.1) is 0 Å². The number of rotatable bonds is 3. The lowest BCUT2D eigenvalue weighted by Gasteiger charge is -2.01. The zero-order chi connectivity index (χ0) is 14.8. The number of aromatic nitrogens is 1. The molecule has 0 unspecified atom stereocenters. The summed E-state index contributed by atoms with van der Waals surface area (Å²) in [5, 5.41) is 0. The van der Waals surface area contributed by atoms with Crippen LogP contribution in [0.2, 0.25) is 0 Å². The van der Waals surface area contributed by atoms with Crippen LogP contribution in [-0.4, -0.2) is 9.74 Å². The monoisotopic (exact) mass is 295 g/mol. The molecule has 0 saturated carbocycles. The van der Waals surface area contributed by atoms with Crippen LogP contribution < -0.4 is 5.56 Å². The number of hydrogen-bond donors (Lipinski definition) is 0. The zero-order valence-corrected chi connectivity index (χ0v) is 12.3. The molecule has 1 heterocycles. The fourth-order valence-electron chi connectivity index (χ4n) is 2.11. The van der Waals surface area contributed by atoms with E-state index in [1.54, 1.807) is 16.1 Å². The maximum atomic E-state index is 12.4. The first-order chi connectivity index (χ1) is 10.1. The first kappa shape index (κ1) is 13.5. The van der Waals surface area contributed by atoms with Crippen molar-refractivity contribution in [3.8, 4) is 5.69 Å². The van der Waals surface area contributed by atoms with Crippen LogP contribution in [0, 0.1) is 6.92 Å². The Balaban J connectivity index is 2.03. The summed E-state index contributed by atoms with van der Waals surface area (Å²) in [7, 11) is 0. The van der Waals surface area contributed by atoms with E-state index in [1.165, 1.54) is 17.6 Å². The molecule has 3 aromatic rings. The van der Waals surface area contributed by atoms with Crippen LogP contribution in [0.4, 0.5) is 0 Å². The van der Waals surface area contributed by atoms with Crippen LogP contribution in [0.15, 0.2) is 65.5 Å². The fraction of sp³-hybridized carbons (Fsp3) is 0.0588. The van der Waals surface area contributed by atoms with Crippen LogP contribution in [-0.2, 0) is 0 Å². The maximum Gasteiger partial charge on any atom is 0.266 e. The Hall–Kier alpha value is -2.46. The second-order valence-corrected chi connectivity index (χ2v) is 5.75. The third-order valence-electron chi connectivity index (χ3n) is 3.14. The van der Waals surface area contributed by atoms with Gasteiger partial charge in [-0.25, -0.2) is 3.96 Å². The van der Waals surface area contributed by atoms with Gasteiger partial charge in [-0.3, -0.25) is 9.59 Å². The molecule has 3 rings (SSSR count). The molecule has 0 aliphatic carbocycles. The van der Waals surface area contributed by atoms with E-state index in [0.29, 0.717) is 10.4 Å².